The number of nitrogens with zero attached hydrogens (tertiary/aromatic N) is 1. The zero-order valence-electron chi connectivity index (χ0n) is 11.6. The molecule has 0 atom stereocenters. The Kier molecular flexibility index (Phi) is 4.80. The molecule has 0 unspecified atom stereocenters. The Morgan fingerprint density at radius 3 is 2.68 bits per heavy atom. The molecule has 0 aromatic heterocycles. The number of nitrogens with one attached hydrogen (secondary N) is 1. The van der Waals surface area contributed by atoms with Crippen LogP contribution in [-0.2, 0) is 11.2 Å². The minimum absolute atomic E-state index is 0.0499. The Hall–Kier alpha value is -1.55. The maximum atomic E-state index is 5.86. The zero-order valence-corrected chi connectivity index (χ0v) is 11.6. The molecule has 1 aromatic carbocycles. The van der Waals surface area contributed by atoms with Crippen LogP contribution in [0.5, 0.6) is 0 Å². The summed E-state index contributed by atoms with van der Waals surface area (Å²) in [6, 6.07) is 10.3. The number of rotatable bonds is 6. The molecule has 2 rings (SSSR count). The molecule has 1 aliphatic carbocycles. The third-order valence-electron chi connectivity index (χ3n) is 3.80. The summed E-state index contributed by atoms with van der Waals surface area (Å²) in [5.41, 5.74) is 7.11. The molecule has 4 heteroatoms. The third-order valence-corrected chi connectivity index (χ3v) is 3.80. The molecule has 0 bridgehead atoms. The number of hydrogen-bond donors (Lipinski definition) is 2. The monoisotopic (exact) mass is 261 g/mol. The van der Waals surface area contributed by atoms with Crippen LogP contribution < -0.4 is 11.1 Å². The number of nitrogens with two attached hydrogens (primary N) is 1. The van der Waals surface area contributed by atoms with Crippen molar-refractivity contribution in [1.82, 2.24) is 5.32 Å². The fourth-order valence-electron chi connectivity index (χ4n) is 2.26. The quantitative estimate of drug-likeness (QED) is 0.605. The first-order valence-electron chi connectivity index (χ1n) is 6.87. The molecule has 3 N–H and O–H groups in total. The van der Waals surface area contributed by atoms with Crippen LogP contribution in [0.3, 0.4) is 0 Å². The first-order valence-corrected chi connectivity index (χ1v) is 6.87. The summed E-state index contributed by atoms with van der Waals surface area (Å²) in [7, 11) is 1.76. The first kappa shape index (κ1) is 13.9. The van der Waals surface area contributed by atoms with Crippen LogP contribution in [0.4, 0.5) is 0 Å². The van der Waals surface area contributed by atoms with E-state index in [2.05, 4.69) is 22.4 Å². The number of hydrogen-bond acceptors (Lipinski definition) is 2. The average molecular weight is 261 g/mol. The van der Waals surface area contributed by atoms with Gasteiger partial charge < -0.3 is 15.8 Å². The number of guanidine groups is 1. The van der Waals surface area contributed by atoms with Gasteiger partial charge in [-0.1, -0.05) is 30.3 Å². The molecule has 0 amide bonds. The van der Waals surface area contributed by atoms with Gasteiger partial charge in [-0.15, -0.1) is 0 Å². The minimum atomic E-state index is -0.0499. The van der Waals surface area contributed by atoms with E-state index in [0.29, 0.717) is 12.5 Å². The van der Waals surface area contributed by atoms with E-state index in [1.165, 1.54) is 12.0 Å². The van der Waals surface area contributed by atoms with Gasteiger partial charge in [0.2, 0.25) is 0 Å². The van der Waals surface area contributed by atoms with Crippen molar-refractivity contribution in [1.29, 1.82) is 0 Å². The molecule has 1 aliphatic rings. The summed E-state index contributed by atoms with van der Waals surface area (Å²) >= 11 is 0. The number of methoxy groups -OCH3 is 1. The molecule has 19 heavy (non-hydrogen) atoms. The van der Waals surface area contributed by atoms with Gasteiger partial charge in [-0.2, -0.15) is 0 Å². The lowest BCUT2D eigenvalue weighted by Crippen LogP contribution is -2.43. The number of aliphatic imine (C=N–C) groups is 1. The van der Waals surface area contributed by atoms with Crippen LogP contribution in [0.2, 0.25) is 0 Å². The van der Waals surface area contributed by atoms with Crippen molar-refractivity contribution in [2.24, 2.45) is 10.7 Å². The smallest absolute Gasteiger partial charge is 0.188 e. The minimum Gasteiger partial charge on any atom is -0.376 e. The number of benzene rings is 1. The van der Waals surface area contributed by atoms with Gasteiger partial charge in [0.1, 0.15) is 0 Å². The van der Waals surface area contributed by atoms with Crippen LogP contribution in [0.15, 0.2) is 35.3 Å². The highest BCUT2D eigenvalue weighted by Gasteiger charge is 2.36. The van der Waals surface area contributed by atoms with Gasteiger partial charge >= 0.3 is 0 Å². The predicted molar refractivity (Wildman–Crippen MR) is 78.2 cm³/mol. The summed E-state index contributed by atoms with van der Waals surface area (Å²) in [5, 5.41) is 3.15. The van der Waals surface area contributed by atoms with Crippen LogP contribution in [0.25, 0.3) is 0 Å². The maximum Gasteiger partial charge on any atom is 0.188 e. The van der Waals surface area contributed by atoms with Crippen LogP contribution in [0, 0.1) is 0 Å². The fourth-order valence-corrected chi connectivity index (χ4v) is 2.26. The largest absolute Gasteiger partial charge is 0.376 e. The van der Waals surface area contributed by atoms with E-state index in [0.717, 1.165) is 25.8 Å². The molecule has 0 spiro atoms. The second-order valence-corrected chi connectivity index (χ2v) is 5.10. The van der Waals surface area contributed by atoms with E-state index in [1.807, 2.05) is 18.2 Å². The van der Waals surface area contributed by atoms with Crippen LogP contribution >= 0.6 is 0 Å². The van der Waals surface area contributed by atoms with Crippen molar-refractivity contribution in [3.63, 3.8) is 0 Å². The average Bonchev–Trinajstić information content (AvgIpc) is 2.39. The third kappa shape index (κ3) is 3.96. The Morgan fingerprint density at radius 1 is 1.37 bits per heavy atom. The lowest BCUT2D eigenvalue weighted by atomic mass is 9.80. The van der Waals surface area contributed by atoms with Gasteiger partial charge in [0.15, 0.2) is 5.96 Å². The lowest BCUT2D eigenvalue weighted by Gasteiger charge is -2.39. The van der Waals surface area contributed by atoms with E-state index >= 15 is 0 Å². The Balaban J connectivity index is 1.70. The van der Waals surface area contributed by atoms with Crippen molar-refractivity contribution in [2.75, 3.05) is 20.2 Å². The highest BCUT2D eigenvalue weighted by atomic mass is 16.5. The Bertz CT molecular complexity index is 407. The standard InChI is InChI=1S/C15H23N3O/c1-19-15(9-5-10-15)12-18-14(16)17-11-8-13-6-3-2-4-7-13/h2-4,6-7H,5,8-12H2,1H3,(H3,16,17,18). The van der Waals surface area contributed by atoms with Crippen LogP contribution in [0.1, 0.15) is 24.8 Å². The van der Waals surface area contributed by atoms with Crippen molar-refractivity contribution in [3.05, 3.63) is 35.9 Å². The van der Waals surface area contributed by atoms with Gasteiger partial charge in [-0.25, -0.2) is 0 Å². The van der Waals surface area contributed by atoms with E-state index < -0.39 is 0 Å². The van der Waals surface area contributed by atoms with Gasteiger partial charge in [0.25, 0.3) is 0 Å². The van der Waals surface area contributed by atoms with Gasteiger partial charge in [0, 0.05) is 13.7 Å². The number of ether oxygens (including phenoxy) is 1. The maximum absolute atomic E-state index is 5.86. The molecule has 1 saturated carbocycles. The molecule has 0 aliphatic heterocycles. The molecule has 0 heterocycles. The Morgan fingerprint density at radius 2 is 2.11 bits per heavy atom. The molecular weight excluding hydrogens is 238 g/mol. The second kappa shape index (κ2) is 6.57. The molecule has 1 aromatic rings. The topological polar surface area (TPSA) is 59.6 Å². The van der Waals surface area contributed by atoms with Crippen molar-refractivity contribution in [2.45, 2.75) is 31.3 Å². The van der Waals surface area contributed by atoms with Gasteiger partial charge in [0.05, 0.1) is 12.1 Å². The summed E-state index contributed by atoms with van der Waals surface area (Å²) in [4.78, 5) is 4.38. The molecular formula is C15H23N3O. The molecule has 4 nitrogen and oxygen atoms in total. The van der Waals surface area contributed by atoms with Crippen molar-refractivity contribution < 1.29 is 4.74 Å². The van der Waals surface area contributed by atoms with Gasteiger partial charge in [-0.05, 0) is 31.2 Å². The molecule has 104 valence electrons. The lowest BCUT2D eigenvalue weighted by molar-refractivity contribution is -0.0630. The summed E-state index contributed by atoms with van der Waals surface area (Å²) < 4.78 is 5.51. The molecule has 0 saturated heterocycles. The van der Waals surface area contributed by atoms with E-state index in [4.69, 9.17) is 10.5 Å². The highest BCUT2D eigenvalue weighted by Crippen LogP contribution is 2.35. The predicted octanol–water partition coefficient (Wildman–Crippen LogP) is 1.70. The van der Waals surface area contributed by atoms with E-state index in [1.54, 1.807) is 7.11 Å². The molecule has 0 radical (unpaired) electrons. The molecule has 1 fully saturated rings. The SMILES string of the molecule is COC1(CN=C(N)NCCc2ccccc2)CCC1. The highest BCUT2D eigenvalue weighted by molar-refractivity contribution is 5.77. The van der Waals surface area contributed by atoms with Crippen molar-refractivity contribution in [3.8, 4) is 0 Å². The summed E-state index contributed by atoms with van der Waals surface area (Å²) in [6.45, 7) is 1.47. The van der Waals surface area contributed by atoms with Crippen LogP contribution in [-0.4, -0.2) is 31.8 Å². The second-order valence-electron chi connectivity index (χ2n) is 5.10. The van der Waals surface area contributed by atoms with E-state index in [-0.39, 0.29) is 5.60 Å². The van der Waals surface area contributed by atoms with Gasteiger partial charge in [-0.3, -0.25) is 4.99 Å². The van der Waals surface area contributed by atoms with E-state index in [9.17, 15) is 0 Å². The summed E-state index contributed by atoms with van der Waals surface area (Å²) in [6.07, 6.45) is 4.35. The normalized spacial score (nSPS) is 17.8. The van der Waals surface area contributed by atoms with Crippen molar-refractivity contribution >= 4 is 5.96 Å². The fraction of sp³-hybridized carbons (Fsp3) is 0.533. The zero-order chi connectivity index (χ0) is 13.6. The first-order chi connectivity index (χ1) is 9.24. The summed E-state index contributed by atoms with van der Waals surface area (Å²) in [5.74, 6) is 0.513. The Labute approximate surface area is 115 Å².